The lowest BCUT2D eigenvalue weighted by atomic mass is 10.1. The van der Waals surface area contributed by atoms with Crippen LogP contribution in [0.1, 0.15) is 22.4 Å². The normalized spacial score (nSPS) is 17.0. The number of hydrogen-bond acceptors (Lipinski definition) is 6. The van der Waals surface area contributed by atoms with Crippen LogP contribution in [0.15, 0.2) is 48.2 Å². The van der Waals surface area contributed by atoms with Crippen LogP contribution >= 0.6 is 11.3 Å². The van der Waals surface area contributed by atoms with Gasteiger partial charge in [-0.1, -0.05) is 6.07 Å². The Labute approximate surface area is 155 Å². The Morgan fingerprint density at radius 2 is 2.19 bits per heavy atom. The average Bonchev–Trinajstić information content (AvgIpc) is 3.33. The predicted octanol–water partition coefficient (Wildman–Crippen LogP) is 1.95. The van der Waals surface area contributed by atoms with Gasteiger partial charge >= 0.3 is 0 Å². The molecule has 1 aliphatic rings. The summed E-state index contributed by atoms with van der Waals surface area (Å²) in [6.07, 6.45) is 5.33. The number of amides is 1. The zero-order chi connectivity index (χ0) is 17.9. The van der Waals surface area contributed by atoms with Gasteiger partial charge in [0.05, 0.1) is 24.5 Å². The average molecular weight is 368 g/mol. The smallest absolute Gasteiger partial charge is 0.248 e. The summed E-state index contributed by atoms with van der Waals surface area (Å²) in [5.41, 5.74) is 1.93. The maximum Gasteiger partial charge on any atom is 0.248 e. The van der Waals surface area contributed by atoms with Crippen molar-refractivity contribution in [2.75, 3.05) is 13.6 Å². The minimum atomic E-state index is -0.331. The molecule has 1 amide bonds. The third kappa shape index (κ3) is 3.51. The Kier molecular flexibility index (Phi) is 4.77. The zero-order valence-electron chi connectivity index (χ0n) is 14.5. The van der Waals surface area contributed by atoms with E-state index in [1.807, 2.05) is 47.6 Å². The number of pyridine rings is 1. The highest BCUT2D eigenvalue weighted by Crippen LogP contribution is 2.24. The molecule has 4 rings (SSSR count). The molecule has 4 heterocycles. The molecule has 134 valence electrons. The molecule has 0 radical (unpaired) electrons. The van der Waals surface area contributed by atoms with Crippen LogP contribution in [0.2, 0.25) is 0 Å². The highest BCUT2D eigenvalue weighted by Gasteiger charge is 2.33. The molecule has 3 aromatic rings. The Bertz CT molecular complexity index is 863. The van der Waals surface area contributed by atoms with Crippen molar-refractivity contribution in [2.24, 2.45) is 0 Å². The van der Waals surface area contributed by atoms with Crippen LogP contribution in [0.4, 0.5) is 0 Å². The maximum atomic E-state index is 13.1. The van der Waals surface area contributed by atoms with Gasteiger partial charge in [-0.05, 0) is 18.2 Å². The topological polar surface area (TPSA) is 67.2 Å². The van der Waals surface area contributed by atoms with E-state index < -0.39 is 0 Å². The van der Waals surface area contributed by atoms with E-state index in [0.29, 0.717) is 13.1 Å². The van der Waals surface area contributed by atoms with Crippen molar-refractivity contribution in [1.82, 2.24) is 29.5 Å². The highest BCUT2D eigenvalue weighted by molar-refractivity contribution is 7.09. The van der Waals surface area contributed by atoms with Crippen LogP contribution < -0.4 is 0 Å². The summed E-state index contributed by atoms with van der Waals surface area (Å²) in [4.78, 5) is 25.8. The van der Waals surface area contributed by atoms with E-state index >= 15 is 0 Å². The summed E-state index contributed by atoms with van der Waals surface area (Å²) in [6, 6.07) is 7.38. The van der Waals surface area contributed by atoms with Gasteiger partial charge in [-0.2, -0.15) is 5.10 Å². The Morgan fingerprint density at radius 3 is 2.96 bits per heavy atom. The van der Waals surface area contributed by atoms with Gasteiger partial charge in [0.2, 0.25) is 5.91 Å². The van der Waals surface area contributed by atoms with Gasteiger partial charge in [-0.3, -0.25) is 19.4 Å². The number of carbonyl (C=O) groups excluding carboxylic acids is 1. The standard InChI is InChI=1S/C18H20N6OS/c1-22(10-14-4-2-3-6-19-14)18(25)16-12-23(13-17-20-8-9-26-17)11-15-5-7-21-24(15)16/h2-9,16H,10-13H2,1H3/t16-/m0/s1. The Hall–Kier alpha value is -2.58. The second-order valence-corrected chi connectivity index (χ2v) is 7.37. The molecule has 0 N–H and O–H groups in total. The first-order valence-corrected chi connectivity index (χ1v) is 9.36. The first-order valence-electron chi connectivity index (χ1n) is 8.48. The van der Waals surface area contributed by atoms with E-state index in [1.54, 1.807) is 28.6 Å². The van der Waals surface area contributed by atoms with Gasteiger partial charge in [-0.25, -0.2) is 4.98 Å². The molecule has 0 saturated heterocycles. The first kappa shape index (κ1) is 16.9. The van der Waals surface area contributed by atoms with Crippen molar-refractivity contribution in [3.8, 4) is 0 Å². The van der Waals surface area contributed by atoms with E-state index in [2.05, 4.69) is 20.0 Å². The molecule has 3 aromatic heterocycles. The van der Waals surface area contributed by atoms with Gasteiger partial charge in [-0.15, -0.1) is 11.3 Å². The lowest BCUT2D eigenvalue weighted by Crippen LogP contribution is -2.45. The summed E-state index contributed by atoms with van der Waals surface area (Å²) >= 11 is 1.64. The number of aromatic nitrogens is 4. The molecule has 0 unspecified atom stereocenters. The number of fused-ring (bicyclic) bond motifs is 1. The predicted molar refractivity (Wildman–Crippen MR) is 98.2 cm³/mol. The third-order valence-electron chi connectivity index (χ3n) is 4.49. The molecule has 0 aliphatic carbocycles. The fourth-order valence-corrected chi connectivity index (χ4v) is 3.91. The van der Waals surface area contributed by atoms with Crippen molar-refractivity contribution in [1.29, 1.82) is 0 Å². The number of thiazole rings is 1. The Balaban J connectivity index is 1.51. The molecular weight excluding hydrogens is 348 g/mol. The van der Waals surface area contributed by atoms with Crippen LogP contribution in [0.25, 0.3) is 0 Å². The van der Waals surface area contributed by atoms with Gasteiger partial charge in [0.15, 0.2) is 0 Å². The van der Waals surface area contributed by atoms with Crippen LogP contribution in [-0.2, 0) is 24.4 Å². The molecule has 26 heavy (non-hydrogen) atoms. The van der Waals surface area contributed by atoms with Crippen molar-refractivity contribution in [3.05, 3.63) is 64.6 Å². The Morgan fingerprint density at radius 1 is 1.27 bits per heavy atom. The van der Waals surface area contributed by atoms with E-state index in [-0.39, 0.29) is 11.9 Å². The van der Waals surface area contributed by atoms with Crippen molar-refractivity contribution in [3.63, 3.8) is 0 Å². The second-order valence-electron chi connectivity index (χ2n) is 6.39. The number of nitrogens with zero attached hydrogens (tertiary/aromatic N) is 6. The molecule has 8 heteroatoms. The van der Waals surface area contributed by atoms with Gasteiger partial charge in [0.25, 0.3) is 0 Å². The fourth-order valence-electron chi connectivity index (χ4n) is 3.26. The molecule has 0 fully saturated rings. The molecule has 0 bridgehead atoms. The summed E-state index contributed by atoms with van der Waals surface area (Å²) in [6.45, 7) is 2.63. The third-order valence-corrected chi connectivity index (χ3v) is 5.26. The number of hydrogen-bond donors (Lipinski definition) is 0. The number of carbonyl (C=O) groups is 1. The second kappa shape index (κ2) is 7.35. The van der Waals surface area contributed by atoms with Crippen molar-refractivity contribution in [2.45, 2.75) is 25.7 Å². The summed E-state index contributed by atoms with van der Waals surface area (Å²) in [7, 11) is 1.82. The summed E-state index contributed by atoms with van der Waals surface area (Å²) < 4.78 is 1.86. The quantitative estimate of drug-likeness (QED) is 0.689. The largest absolute Gasteiger partial charge is 0.338 e. The van der Waals surface area contributed by atoms with Gasteiger partial charge < -0.3 is 4.90 Å². The SMILES string of the molecule is CN(Cc1ccccn1)C(=O)[C@@H]1CN(Cc2nccs2)Cc2ccnn21. The fraction of sp³-hybridized carbons (Fsp3) is 0.333. The number of likely N-dealkylation sites (N-methyl/N-ethyl adjacent to an activating group) is 1. The number of rotatable bonds is 5. The van der Waals surface area contributed by atoms with E-state index in [4.69, 9.17) is 0 Å². The summed E-state index contributed by atoms with van der Waals surface area (Å²) in [5.74, 6) is 0.0458. The zero-order valence-corrected chi connectivity index (χ0v) is 15.3. The van der Waals surface area contributed by atoms with Crippen molar-refractivity contribution < 1.29 is 4.79 Å². The molecule has 0 aromatic carbocycles. The molecule has 7 nitrogen and oxygen atoms in total. The summed E-state index contributed by atoms with van der Waals surface area (Å²) in [5, 5.41) is 7.43. The maximum absolute atomic E-state index is 13.1. The van der Waals surface area contributed by atoms with E-state index in [0.717, 1.165) is 29.5 Å². The lowest BCUT2D eigenvalue weighted by molar-refractivity contribution is -0.135. The molecule has 1 atom stereocenters. The highest BCUT2D eigenvalue weighted by atomic mass is 32.1. The first-order chi connectivity index (χ1) is 12.7. The molecule has 0 saturated carbocycles. The van der Waals surface area contributed by atoms with Gasteiger partial charge in [0.1, 0.15) is 11.0 Å². The monoisotopic (exact) mass is 368 g/mol. The van der Waals surface area contributed by atoms with E-state index in [9.17, 15) is 4.79 Å². The van der Waals surface area contributed by atoms with Crippen LogP contribution in [0.3, 0.4) is 0 Å². The van der Waals surface area contributed by atoms with Crippen LogP contribution in [-0.4, -0.2) is 49.0 Å². The van der Waals surface area contributed by atoms with Gasteiger partial charge in [0, 0.05) is 44.1 Å². The molecule has 0 spiro atoms. The van der Waals surface area contributed by atoms with Crippen LogP contribution in [0, 0.1) is 0 Å². The molecule has 1 aliphatic heterocycles. The van der Waals surface area contributed by atoms with E-state index in [1.165, 1.54) is 0 Å². The van der Waals surface area contributed by atoms with Crippen LogP contribution in [0.5, 0.6) is 0 Å². The van der Waals surface area contributed by atoms with Crippen molar-refractivity contribution >= 4 is 17.2 Å². The minimum absolute atomic E-state index is 0.0458. The minimum Gasteiger partial charge on any atom is -0.338 e. The lowest BCUT2D eigenvalue weighted by Gasteiger charge is -2.34. The molecular formula is C18H20N6OS.